The largest absolute Gasteiger partial charge is 1.00 e. The predicted octanol–water partition coefficient (Wildman–Crippen LogP) is 0.227. The van der Waals surface area contributed by atoms with Crippen molar-refractivity contribution < 1.29 is 16.8 Å². The third kappa shape index (κ3) is 3.89. The van der Waals surface area contributed by atoms with E-state index in [4.69, 9.17) is 16.0 Å². The lowest BCUT2D eigenvalue weighted by molar-refractivity contribution is -0.00000349. The van der Waals surface area contributed by atoms with Crippen LogP contribution in [0, 0.1) is 0 Å². The summed E-state index contributed by atoms with van der Waals surface area (Å²) in [5.74, 6) is 0.948. The van der Waals surface area contributed by atoms with E-state index in [0.29, 0.717) is 0 Å². The van der Waals surface area contributed by atoms with Gasteiger partial charge in [0.05, 0.1) is 12.8 Å². The first-order valence-corrected chi connectivity index (χ1v) is 5.20. The molecule has 0 spiro atoms. The summed E-state index contributed by atoms with van der Waals surface area (Å²) in [7, 11) is 0. The van der Waals surface area contributed by atoms with Gasteiger partial charge < -0.3 is 22.1 Å². The van der Waals surface area contributed by atoms with Crippen molar-refractivity contribution in [1.29, 1.82) is 0 Å². The van der Waals surface area contributed by atoms with Gasteiger partial charge in [-0.15, -0.1) is 0 Å². The van der Waals surface area contributed by atoms with Gasteiger partial charge in [-0.2, -0.15) is 0 Å². The molecule has 0 bridgehead atoms. The summed E-state index contributed by atoms with van der Waals surface area (Å²) in [6.07, 6.45) is 1.68. The van der Waals surface area contributed by atoms with Gasteiger partial charge in [-0.3, -0.25) is 0 Å². The maximum atomic E-state index is 5.79. The van der Waals surface area contributed by atoms with Gasteiger partial charge in [0.15, 0.2) is 0 Å². The Morgan fingerprint density at radius 2 is 1.81 bits per heavy atom. The molecule has 86 valence electrons. The molecule has 16 heavy (non-hydrogen) atoms. The third-order valence-corrected chi connectivity index (χ3v) is 2.37. The smallest absolute Gasteiger partial charge is 0.117 e. The molecule has 4 heteroatoms. The first kappa shape index (κ1) is 13.1. The highest BCUT2D eigenvalue weighted by Gasteiger charge is 1.95. The van der Waals surface area contributed by atoms with Gasteiger partial charge in [-0.1, -0.05) is 23.7 Å². The summed E-state index contributed by atoms with van der Waals surface area (Å²) in [5.41, 5.74) is 1.21. The first-order chi connectivity index (χ1) is 7.34. The summed E-state index contributed by atoms with van der Waals surface area (Å²) in [6.45, 7) is 1.56. The Morgan fingerprint density at radius 3 is 2.44 bits per heavy atom. The van der Waals surface area contributed by atoms with Crippen LogP contribution in [0.2, 0.25) is 5.02 Å². The van der Waals surface area contributed by atoms with Gasteiger partial charge in [0.25, 0.3) is 0 Å². The normalized spacial score (nSPS) is 9.81. The Hall–Kier alpha value is -0.960. The van der Waals surface area contributed by atoms with Crippen molar-refractivity contribution in [2.24, 2.45) is 0 Å². The van der Waals surface area contributed by atoms with Crippen LogP contribution in [0.4, 0.5) is 0 Å². The van der Waals surface area contributed by atoms with Crippen LogP contribution >= 0.6 is 11.6 Å². The fourth-order valence-electron chi connectivity index (χ4n) is 1.35. The monoisotopic (exact) mass is 256 g/mol. The summed E-state index contributed by atoms with van der Waals surface area (Å²) in [4.78, 5) is 0. The number of hydrogen-bond donors (Lipinski definition) is 1. The van der Waals surface area contributed by atoms with Gasteiger partial charge in [-0.25, -0.2) is 0 Å². The van der Waals surface area contributed by atoms with Crippen LogP contribution in [0.3, 0.4) is 0 Å². The Kier molecular flexibility index (Phi) is 5.39. The van der Waals surface area contributed by atoms with E-state index in [1.807, 2.05) is 36.4 Å². The number of nitrogens with one attached hydrogen (secondary N) is 1. The Labute approximate surface area is 106 Å². The highest BCUT2D eigenvalue weighted by molar-refractivity contribution is 6.30. The quantitative estimate of drug-likeness (QED) is 0.848. The van der Waals surface area contributed by atoms with Crippen molar-refractivity contribution in [3.8, 4) is 0 Å². The van der Waals surface area contributed by atoms with E-state index in [-0.39, 0.29) is 12.4 Å². The zero-order valence-corrected chi connectivity index (χ0v) is 10.1. The summed E-state index contributed by atoms with van der Waals surface area (Å²) in [6, 6.07) is 11.7. The average Bonchev–Trinajstić information content (AvgIpc) is 2.74. The van der Waals surface area contributed by atoms with E-state index < -0.39 is 0 Å². The molecule has 0 aliphatic carbocycles. The number of furan rings is 1. The minimum absolute atomic E-state index is 0. The maximum absolute atomic E-state index is 5.79. The van der Waals surface area contributed by atoms with E-state index in [1.165, 1.54) is 5.56 Å². The molecule has 1 aromatic heterocycles. The van der Waals surface area contributed by atoms with E-state index >= 15 is 0 Å². The molecule has 0 aliphatic rings. The first-order valence-electron chi connectivity index (χ1n) is 4.82. The van der Waals surface area contributed by atoms with Crippen LogP contribution in [-0.4, -0.2) is 0 Å². The van der Waals surface area contributed by atoms with Crippen LogP contribution in [-0.2, 0) is 13.1 Å². The highest BCUT2D eigenvalue weighted by Crippen LogP contribution is 2.09. The fourth-order valence-corrected chi connectivity index (χ4v) is 1.47. The number of rotatable bonds is 4. The predicted molar refractivity (Wildman–Crippen MR) is 60.7 cm³/mol. The van der Waals surface area contributed by atoms with Gasteiger partial charge in [0.1, 0.15) is 5.76 Å². The molecule has 1 N–H and O–H groups in total. The van der Waals surface area contributed by atoms with E-state index in [0.717, 1.165) is 23.9 Å². The molecule has 2 nitrogen and oxygen atoms in total. The molecule has 1 heterocycles. The number of benzene rings is 1. The van der Waals surface area contributed by atoms with Crippen molar-refractivity contribution in [3.05, 3.63) is 59.0 Å². The summed E-state index contributed by atoms with van der Waals surface area (Å²) in [5, 5.41) is 4.06. The number of halogens is 2. The van der Waals surface area contributed by atoms with Crippen molar-refractivity contribution >= 4 is 11.6 Å². The molecule has 0 fully saturated rings. The van der Waals surface area contributed by atoms with Crippen molar-refractivity contribution in [2.45, 2.75) is 13.1 Å². The zero-order chi connectivity index (χ0) is 10.5. The Bertz CT molecular complexity index is 397. The minimum atomic E-state index is 0. The summed E-state index contributed by atoms with van der Waals surface area (Å²) < 4.78 is 5.21. The van der Waals surface area contributed by atoms with E-state index in [2.05, 4.69) is 5.32 Å². The van der Waals surface area contributed by atoms with Gasteiger partial charge in [0.2, 0.25) is 0 Å². The number of hydrogen-bond acceptors (Lipinski definition) is 2. The van der Waals surface area contributed by atoms with Crippen LogP contribution in [0.15, 0.2) is 47.1 Å². The zero-order valence-electron chi connectivity index (χ0n) is 8.62. The molecule has 2 rings (SSSR count). The molecule has 2 aromatic rings. The van der Waals surface area contributed by atoms with Crippen LogP contribution in [0.25, 0.3) is 0 Å². The minimum Gasteiger partial charge on any atom is -1.00 e. The molecule has 1 aromatic carbocycles. The van der Waals surface area contributed by atoms with Crippen molar-refractivity contribution in [2.75, 3.05) is 0 Å². The lowest BCUT2D eigenvalue weighted by Gasteiger charge is -2.02. The van der Waals surface area contributed by atoms with E-state index in [9.17, 15) is 0 Å². The lowest BCUT2D eigenvalue weighted by atomic mass is 10.2. The van der Waals surface area contributed by atoms with Crippen LogP contribution in [0.5, 0.6) is 0 Å². The Morgan fingerprint density at radius 1 is 1.06 bits per heavy atom. The second-order valence-electron chi connectivity index (χ2n) is 3.31. The van der Waals surface area contributed by atoms with Crippen molar-refractivity contribution in [1.82, 2.24) is 5.32 Å². The topological polar surface area (TPSA) is 25.2 Å². The van der Waals surface area contributed by atoms with Gasteiger partial charge in [-0.05, 0) is 29.8 Å². The third-order valence-electron chi connectivity index (χ3n) is 2.12. The SMILES string of the molecule is Clc1ccc(CNCc2ccco2)cc1.[Cl-]. The van der Waals surface area contributed by atoms with Crippen LogP contribution in [0.1, 0.15) is 11.3 Å². The second kappa shape index (κ2) is 6.59. The second-order valence-corrected chi connectivity index (χ2v) is 3.75. The Balaban J connectivity index is 0.00000128. The maximum Gasteiger partial charge on any atom is 0.117 e. The van der Waals surface area contributed by atoms with E-state index in [1.54, 1.807) is 6.26 Å². The highest BCUT2D eigenvalue weighted by atomic mass is 35.5. The molecule has 0 atom stereocenters. The molecular formula is C12H12Cl2NO-. The van der Waals surface area contributed by atoms with Gasteiger partial charge >= 0.3 is 0 Å². The molecule has 0 saturated heterocycles. The summed E-state index contributed by atoms with van der Waals surface area (Å²) >= 11 is 5.79. The molecule has 0 saturated carbocycles. The standard InChI is InChI=1S/C12H12ClNO.ClH/c13-11-5-3-10(4-6-11)8-14-9-12-2-1-7-15-12;/h1-7,14H,8-9H2;1H/p-1. The molecule has 0 amide bonds. The fraction of sp³-hybridized carbons (Fsp3) is 0.167. The van der Waals surface area contributed by atoms with Crippen LogP contribution < -0.4 is 17.7 Å². The molecule has 0 radical (unpaired) electrons. The van der Waals surface area contributed by atoms with Crippen molar-refractivity contribution in [3.63, 3.8) is 0 Å². The average molecular weight is 257 g/mol. The lowest BCUT2D eigenvalue weighted by Crippen LogP contribution is -3.00. The molecular weight excluding hydrogens is 245 g/mol. The molecule has 0 unspecified atom stereocenters. The van der Waals surface area contributed by atoms with Gasteiger partial charge in [0, 0.05) is 11.6 Å². The molecule has 0 aliphatic heterocycles.